The van der Waals surface area contributed by atoms with Crippen molar-refractivity contribution >= 4 is 0 Å². The number of benzene rings is 1. The van der Waals surface area contributed by atoms with Crippen LogP contribution in [0.3, 0.4) is 0 Å². The van der Waals surface area contributed by atoms with Crippen LogP contribution in [0.1, 0.15) is 49.3 Å². The Labute approximate surface area is 111 Å². The molecule has 2 rings (SSSR count). The number of aromatic hydroxyl groups is 1. The van der Waals surface area contributed by atoms with Gasteiger partial charge in [0.25, 0.3) is 0 Å². The molecule has 0 bridgehead atoms. The second-order valence-corrected chi connectivity index (χ2v) is 5.58. The summed E-state index contributed by atoms with van der Waals surface area (Å²) in [6.07, 6.45) is 5.47. The Bertz CT molecular complexity index is 385. The topological polar surface area (TPSA) is 23.5 Å². The zero-order valence-electron chi connectivity index (χ0n) is 11.9. The summed E-state index contributed by atoms with van der Waals surface area (Å²) in [5, 5.41) is 9.82. The lowest BCUT2D eigenvalue weighted by Gasteiger charge is -2.27. The minimum absolute atomic E-state index is 0.447. The summed E-state index contributed by atoms with van der Waals surface area (Å²) in [6.45, 7) is 8.35. The summed E-state index contributed by atoms with van der Waals surface area (Å²) in [5.74, 6) is 0.447. The van der Waals surface area contributed by atoms with Gasteiger partial charge in [-0.3, -0.25) is 4.90 Å². The van der Waals surface area contributed by atoms with Gasteiger partial charge in [-0.1, -0.05) is 31.9 Å². The van der Waals surface area contributed by atoms with E-state index < -0.39 is 0 Å². The fourth-order valence-electron chi connectivity index (χ4n) is 3.14. The van der Waals surface area contributed by atoms with Crippen molar-refractivity contribution in [2.75, 3.05) is 6.54 Å². The third-order valence-corrected chi connectivity index (χ3v) is 4.18. The first-order valence-electron chi connectivity index (χ1n) is 7.15. The van der Waals surface area contributed by atoms with E-state index in [9.17, 15) is 5.11 Å². The Morgan fingerprint density at radius 2 is 1.72 bits per heavy atom. The van der Waals surface area contributed by atoms with Crippen LogP contribution in [0.2, 0.25) is 0 Å². The Hall–Kier alpha value is -1.02. The van der Waals surface area contributed by atoms with Gasteiger partial charge in [0.05, 0.1) is 0 Å². The SMILES string of the molecule is CCN(Cc1cc(C)c(O)c(C)c1)C1CCCC1. The number of phenolic OH excluding ortho intramolecular Hbond substituents is 1. The minimum Gasteiger partial charge on any atom is -0.507 e. The zero-order chi connectivity index (χ0) is 13.1. The van der Waals surface area contributed by atoms with Crippen molar-refractivity contribution in [3.63, 3.8) is 0 Å². The van der Waals surface area contributed by atoms with Gasteiger partial charge in [0.2, 0.25) is 0 Å². The number of hydrogen-bond donors (Lipinski definition) is 1. The van der Waals surface area contributed by atoms with Crippen LogP contribution in [-0.2, 0) is 6.54 Å². The van der Waals surface area contributed by atoms with Crippen LogP contribution in [0.15, 0.2) is 12.1 Å². The smallest absolute Gasteiger partial charge is 0.121 e. The van der Waals surface area contributed by atoms with E-state index in [1.54, 1.807) is 0 Å². The standard InChI is InChI=1S/C16H25NO/c1-4-17(15-7-5-6-8-15)11-14-9-12(2)16(18)13(3)10-14/h9-10,15,18H,4-8,11H2,1-3H3. The maximum absolute atomic E-state index is 9.82. The van der Waals surface area contributed by atoms with E-state index in [0.29, 0.717) is 5.75 Å². The average Bonchev–Trinajstić information content (AvgIpc) is 2.86. The van der Waals surface area contributed by atoms with Crippen LogP contribution in [-0.4, -0.2) is 22.6 Å². The summed E-state index contributed by atoms with van der Waals surface area (Å²) in [6, 6.07) is 5.02. The molecule has 0 spiro atoms. The lowest BCUT2D eigenvalue weighted by Crippen LogP contribution is -2.32. The molecule has 1 saturated carbocycles. The van der Waals surface area contributed by atoms with Gasteiger partial charge >= 0.3 is 0 Å². The van der Waals surface area contributed by atoms with E-state index in [1.165, 1.54) is 31.2 Å². The first-order valence-corrected chi connectivity index (χ1v) is 7.15. The van der Waals surface area contributed by atoms with Gasteiger partial charge < -0.3 is 5.11 Å². The van der Waals surface area contributed by atoms with Crippen LogP contribution < -0.4 is 0 Å². The third-order valence-electron chi connectivity index (χ3n) is 4.18. The highest BCUT2D eigenvalue weighted by Gasteiger charge is 2.21. The van der Waals surface area contributed by atoms with Crippen molar-refractivity contribution in [1.29, 1.82) is 0 Å². The highest BCUT2D eigenvalue weighted by molar-refractivity contribution is 5.42. The lowest BCUT2D eigenvalue weighted by atomic mass is 10.0. The molecule has 0 unspecified atom stereocenters. The number of phenols is 1. The molecule has 1 aromatic rings. The Balaban J connectivity index is 2.11. The number of nitrogens with zero attached hydrogens (tertiary/aromatic N) is 1. The van der Waals surface area contributed by atoms with Gasteiger partial charge in [0.15, 0.2) is 0 Å². The first kappa shape index (κ1) is 13.4. The number of aryl methyl sites for hydroxylation is 2. The van der Waals surface area contributed by atoms with Gasteiger partial charge in [0, 0.05) is 12.6 Å². The molecular weight excluding hydrogens is 222 g/mol. The van der Waals surface area contributed by atoms with E-state index in [2.05, 4.69) is 24.0 Å². The third kappa shape index (κ3) is 2.86. The predicted octanol–water partition coefficient (Wildman–Crippen LogP) is 3.77. The normalized spacial score (nSPS) is 16.7. The molecule has 0 atom stereocenters. The molecule has 1 aromatic carbocycles. The van der Waals surface area contributed by atoms with Crippen molar-refractivity contribution in [2.24, 2.45) is 0 Å². The van der Waals surface area contributed by atoms with Crippen LogP contribution in [0, 0.1) is 13.8 Å². The van der Waals surface area contributed by atoms with Gasteiger partial charge in [-0.25, -0.2) is 0 Å². The number of hydrogen-bond acceptors (Lipinski definition) is 2. The van der Waals surface area contributed by atoms with Gasteiger partial charge in [0.1, 0.15) is 5.75 Å². The molecule has 0 amide bonds. The predicted molar refractivity (Wildman–Crippen MR) is 75.9 cm³/mol. The lowest BCUT2D eigenvalue weighted by molar-refractivity contribution is 0.200. The van der Waals surface area contributed by atoms with Gasteiger partial charge in [-0.2, -0.15) is 0 Å². The summed E-state index contributed by atoms with van der Waals surface area (Å²) in [5.41, 5.74) is 3.32. The molecule has 0 radical (unpaired) electrons. The van der Waals surface area contributed by atoms with Crippen LogP contribution in [0.5, 0.6) is 5.75 Å². The molecule has 1 fully saturated rings. The number of rotatable bonds is 4. The summed E-state index contributed by atoms with van der Waals surface area (Å²) >= 11 is 0. The maximum Gasteiger partial charge on any atom is 0.121 e. The van der Waals surface area contributed by atoms with E-state index >= 15 is 0 Å². The molecule has 2 nitrogen and oxygen atoms in total. The second kappa shape index (κ2) is 5.75. The molecule has 2 heteroatoms. The van der Waals surface area contributed by atoms with Crippen molar-refractivity contribution in [2.45, 2.75) is 59.0 Å². The van der Waals surface area contributed by atoms with Crippen molar-refractivity contribution in [1.82, 2.24) is 4.90 Å². The molecule has 0 aliphatic heterocycles. The maximum atomic E-state index is 9.82. The van der Waals surface area contributed by atoms with Crippen molar-refractivity contribution < 1.29 is 5.11 Å². The largest absolute Gasteiger partial charge is 0.507 e. The highest BCUT2D eigenvalue weighted by atomic mass is 16.3. The van der Waals surface area contributed by atoms with Gasteiger partial charge in [-0.05, 0) is 49.9 Å². The Morgan fingerprint density at radius 1 is 1.17 bits per heavy atom. The fraction of sp³-hybridized carbons (Fsp3) is 0.625. The van der Waals surface area contributed by atoms with Crippen molar-refractivity contribution in [3.8, 4) is 5.75 Å². The van der Waals surface area contributed by atoms with Crippen molar-refractivity contribution in [3.05, 3.63) is 28.8 Å². The zero-order valence-corrected chi connectivity index (χ0v) is 11.9. The van der Waals surface area contributed by atoms with E-state index in [-0.39, 0.29) is 0 Å². The molecule has 0 heterocycles. The molecule has 1 aliphatic carbocycles. The molecular formula is C16H25NO. The van der Waals surface area contributed by atoms with Crippen LogP contribution in [0.25, 0.3) is 0 Å². The average molecular weight is 247 g/mol. The molecule has 100 valence electrons. The minimum atomic E-state index is 0.447. The molecule has 1 N–H and O–H groups in total. The quantitative estimate of drug-likeness (QED) is 0.875. The Kier molecular flexibility index (Phi) is 4.28. The summed E-state index contributed by atoms with van der Waals surface area (Å²) in [7, 11) is 0. The summed E-state index contributed by atoms with van der Waals surface area (Å²) < 4.78 is 0. The monoisotopic (exact) mass is 247 g/mol. The molecule has 1 aliphatic rings. The van der Waals surface area contributed by atoms with E-state index in [4.69, 9.17) is 0 Å². The van der Waals surface area contributed by atoms with E-state index in [0.717, 1.165) is 30.3 Å². The summed E-state index contributed by atoms with van der Waals surface area (Å²) in [4.78, 5) is 2.58. The molecule has 0 aromatic heterocycles. The highest BCUT2D eigenvalue weighted by Crippen LogP contribution is 2.27. The van der Waals surface area contributed by atoms with Crippen LogP contribution in [0.4, 0.5) is 0 Å². The fourth-order valence-corrected chi connectivity index (χ4v) is 3.14. The second-order valence-electron chi connectivity index (χ2n) is 5.58. The Morgan fingerprint density at radius 3 is 2.22 bits per heavy atom. The molecule has 0 saturated heterocycles. The first-order chi connectivity index (χ1) is 8.61. The molecule has 18 heavy (non-hydrogen) atoms. The van der Waals surface area contributed by atoms with E-state index in [1.807, 2.05) is 13.8 Å². The van der Waals surface area contributed by atoms with Crippen LogP contribution >= 0.6 is 0 Å². The van der Waals surface area contributed by atoms with Gasteiger partial charge in [-0.15, -0.1) is 0 Å².